The van der Waals surface area contributed by atoms with Crippen molar-refractivity contribution in [2.45, 2.75) is 49.9 Å². The molecular weight excluding hydrogens is 901 g/mol. The molecule has 4 aromatic heterocycles. The lowest BCUT2D eigenvalue weighted by Crippen LogP contribution is -2.42. The zero-order chi connectivity index (χ0) is 45.0. The number of aromatic nitrogens is 2. The molecule has 2 N–H and O–H groups in total. The van der Waals surface area contributed by atoms with Gasteiger partial charge in [0.05, 0.1) is 31.6 Å². The Morgan fingerprint density at radius 3 is 1.27 bits per heavy atom. The Morgan fingerprint density at radius 1 is 0.500 bits per heavy atom. The molecule has 0 bridgehead atoms. The number of thiazole rings is 2. The molecule has 6 heterocycles. The lowest BCUT2D eigenvalue weighted by atomic mass is 10.0. The number of likely N-dealkylation sites (tertiary alicyclic amines) is 2. The van der Waals surface area contributed by atoms with Gasteiger partial charge in [0.25, 0.3) is 11.8 Å². The maximum atomic E-state index is 14.3. The van der Waals surface area contributed by atoms with Crippen LogP contribution in [-0.2, 0) is 9.59 Å². The van der Waals surface area contributed by atoms with Crippen molar-refractivity contribution in [2.75, 3.05) is 13.1 Å². The quantitative estimate of drug-likeness (QED) is 0.119. The van der Waals surface area contributed by atoms with E-state index in [0.717, 1.165) is 78.8 Å². The van der Waals surface area contributed by atoms with Gasteiger partial charge in [-0.05, 0) is 82.0 Å². The first-order chi connectivity index (χ1) is 32.4. The molecule has 0 saturated carbocycles. The molecule has 2 aliphatic heterocycles. The lowest BCUT2D eigenvalue weighted by molar-refractivity contribution is -0.135. The van der Waals surface area contributed by atoms with Crippen LogP contribution in [0.5, 0.6) is 0 Å². The summed E-state index contributed by atoms with van der Waals surface area (Å²) in [4.78, 5) is 71.5. The highest BCUT2D eigenvalue weighted by Crippen LogP contribution is 2.41. The summed E-state index contributed by atoms with van der Waals surface area (Å²) in [5, 5.41) is 11.5. The van der Waals surface area contributed by atoms with Gasteiger partial charge in [-0.25, -0.2) is 9.97 Å². The lowest BCUT2D eigenvalue weighted by Gasteiger charge is -2.28. The van der Waals surface area contributed by atoms with E-state index in [-0.39, 0.29) is 35.7 Å². The molecule has 66 heavy (non-hydrogen) atoms. The average Bonchev–Trinajstić information content (AvgIpc) is 4.22. The van der Waals surface area contributed by atoms with Crippen LogP contribution in [0.2, 0.25) is 0 Å². The summed E-state index contributed by atoms with van der Waals surface area (Å²) >= 11 is 5.91. The van der Waals surface area contributed by atoms with Gasteiger partial charge in [-0.3, -0.25) is 19.2 Å². The average molecular weight is 945 g/mol. The fraction of sp³-hybridized carbons (Fsp3) is 0.192. The summed E-state index contributed by atoms with van der Waals surface area (Å²) < 4.78 is 0. The third kappa shape index (κ3) is 9.14. The van der Waals surface area contributed by atoms with Gasteiger partial charge < -0.3 is 20.4 Å². The predicted molar refractivity (Wildman–Crippen MR) is 263 cm³/mol. The van der Waals surface area contributed by atoms with Crippen molar-refractivity contribution in [3.63, 3.8) is 0 Å². The van der Waals surface area contributed by atoms with Crippen LogP contribution in [0.4, 0.5) is 0 Å². The Bertz CT molecular complexity index is 2730. The Labute approximate surface area is 398 Å². The maximum absolute atomic E-state index is 14.3. The van der Waals surface area contributed by atoms with Crippen LogP contribution in [0, 0.1) is 0 Å². The normalized spacial score (nSPS) is 16.8. The zero-order valence-electron chi connectivity index (χ0n) is 35.6. The molecule has 10 nitrogen and oxygen atoms in total. The van der Waals surface area contributed by atoms with Gasteiger partial charge in [0.1, 0.15) is 22.1 Å². The molecule has 14 heteroatoms. The smallest absolute Gasteiger partial charge is 0.262 e. The number of rotatable bonds is 13. The third-order valence-corrected chi connectivity index (χ3v) is 16.2. The van der Waals surface area contributed by atoms with Gasteiger partial charge in [0, 0.05) is 25.5 Å². The van der Waals surface area contributed by atoms with Crippen LogP contribution in [0.1, 0.15) is 90.3 Å². The molecule has 0 radical (unpaired) electrons. The molecule has 330 valence electrons. The monoisotopic (exact) mass is 944 g/mol. The molecule has 0 aliphatic carbocycles. The fourth-order valence-electron chi connectivity index (χ4n) is 8.80. The molecule has 2 fully saturated rings. The second-order valence-electron chi connectivity index (χ2n) is 16.2. The molecule has 2 aliphatic rings. The van der Waals surface area contributed by atoms with Crippen LogP contribution < -0.4 is 10.6 Å². The summed E-state index contributed by atoms with van der Waals surface area (Å²) in [6.07, 6.45) is 7.13. The minimum absolute atomic E-state index is 0.130. The van der Waals surface area contributed by atoms with E-state index in [1.165, 1.54) is 22.7 Å². The summed E-state index contributed by atoms with van der Waals surface area (Å²) in [6, 6.07) is 41.1. The first-order valence-electron chi connectivity index (χ1n) is 21.9. The first-order valence-corrected chi connectivity index (χ1v) is 25.3. The van der Waals surface area contributed by atoms with Crippen molar-refractivity contribution in [3.8, 4) is 32.0 Å². The highest BCUT2D eigenvalue weighted by atomic mass is 32.1. The molecule has 4 amide bonds. The van der Waals surface area contributed by atoms with Gasteiger partial charge >= 0.3 is 0 Å². The molecule has 4 aromatic carbocycles. The van der Waals surface area contributed by atoms with Crippen molar-refractivity contribution < 1.29 is 19.2 Å². The second-order valence-corrected chi connectivity index (χ2v) is 20.3. The number of hydrogen-bond acceptors (Lipinski definition) is 10. The van der Waals surface area contributed by atoms with Crippen molar-refractivity contribution in [2.24, 2.45) is 0 Å². The number of carbonyl (C=O) groups is 4. The molecule has 2 saturated heterocycles. The standard InChI is InChI=1S/C52H44N6O4S4/c59-47(41-17-9-29-63-41)55-45(37-11-3-1-4-12-37)51(61)57-27-7-15-39(57)49-53-31-43(65-49)35-23-19-33(20-24-35)34-21-25-36(26-22-34)44-32-54-50(66-44)40-16-8-28-58(40)52(62)46(38-13-5-2-6-14-38)56-48(60)42-18-10-30-64-42/h1-6,9-14,17-26,29-32,39-40,45-46H,7-8,15-16,27-28H2,(H,55,59)(H,56,60)/t39-,40-,45+,46+/m0/s1. The Morgan fingerprint density at radius 2 is 0.894 bits per heavy atom. The molecular formula is C52H44N6O4S4. The zero-order valence-corrected chi connectivity index (χ0v) is 38.9. The predicted octanol–water partition coefficient (Wildman–Crippen LogP) is 11.4. The van der Waals surface area contributed by atoms with E-state index in [1.807, 2.05) is 106 Å². The van der Waals surface area contributed by atoms with Crippen LogP contribution in [0.15, 0.2) is 157 Å². The number of benzene rings is 4. The Kier molecular flexibility index (Phi) is 12.8. The van der Waals surface area contributed by atoms with Gasteiger partial charge in [0.2, 0.25) is 11.8 Å². The van der Waals surface area contributed by atoms with Crippen molar-refractivity contribution in [1.29, 1.82) is 0 Å². The summed E-state index contributed by atoms with van der Waals surface area (Å²) in [5.41, 5.74) is 5.78. The summed E-state index contributed by atoms with van der Waals surface area (Å²) in [5.74, 6) is -0.782. The number of amides is 4. The van der Waals surface area contributed by atoms with Crippen molar-refractivity contribution in [1.82, 2.24) is 30.4 Å². The van der Waals surface area contributed by atoms with Crippen molar-refractivity contribution >= 4 is 69.0 Å². The number of nitrogens with one attached hydrogen (secondary N) is 2. The highest BCUT2D eigenvalue weighted by molar-refractivity contribution is 7.15. The molecule has 0 unspecified atom stereocenters. The van der Waals surface area contributed by atoms with E-state index in [1.54, 1.807) is 34.8 Å². The van der Waals surface area contributed by atoms with Gasteiger partial charge in [0.15, 0.2) is 0 Å². The summed E-state index contributed by atoms with van der Waals surface area (Å²) in [6.45, 7) is 1.20. The largest absolute Gasteiger partial charge is 0.336 e. The van der Waals surface area contributed by atoms with E-state index in [0.29, 0.717) is 22.8 Å². The van der Waals surface area contributed by atoms with Crippen LogP contribution >= 0.6 is 45.3 Å². The van der Waals surface area contributed by atoms with Crippen LogP contribution in [0.3, 0.4) is 0 Å². The van der Waals surface area contributed by atoms with E-state index in [9.17, 15) is 19.2 Å². The molecule has 4 atom stereocenters. The third-order valence-electron chi connectivity index (χ3n) is 12.2. The van der Waals surface area contributed by atoms with E-state index < -0.39 is 12.1 Å². The van der Waals surface area contributed by atoms with E-state index >= 15 is 0 Å². The molecule has 0 spiro atoms. The summed E-state index contributed by atoms with van der Waals surface area (Å²) in [7, 11) is 0. The number of nitrogens with zero attached hydrogens (tertiary/aromatic N) is 4. The van der Waals surface area contributed by atoms with Crippen LogP contribution in [0.25, 0.3) is 32.0 Å². The van der Waals surface area contributed by atoms with Gasteiger partial charge in [-0.2, -0.15) is 0 Å². The molecule has 10 rings (SSSR count). The second kappa shape index (κ2) is 19.5. The molecule has 8 aromatic rings. The van der Waals surface area contributed by atoms with Crippen LogP contribution in [-0.4, -0.2) is 56.5 Å². The SMILES string of the molecule is O=C(N[C@@H](C(=O)N1CCC[C@H]1c1ncc(-c2ccc(-c3ccc(-c4cnc([C@@H]5CCCN5C(=O)[C@H](NC(=O)c5cccs5)c5ccccc5)s4)cc3)cc2)s1)c1ccccc1)c1cccs1. The van der Waals surface area contributed by atoms with Gasteiger partial charge in [-0.15, -0.1) is 45.3 Å². The maximum Gasteiger partial charge on any atom is 0.262 e. The number of thiophene rings is 2. The van der Waals surface area contributed by atoms with E-state index in [2.05, 4.69) is 59.2 Å². The fourth-order valence-corrected chi connectivity index (χ4v) is 12.2. The first kappa shape index (κ1) is 43.3. The van der Waals surface area contributed by atoms with E-state index in [4.69, 9.17) is 9.97 Å². The minimum Gasteiger partial charge on any atom is -0.336 e. The Balaban J connectivity index is 0.800. The minimum atomic E-state index is -0.805. The highest BCUT2D eigenvalue weighted by Gasteiger charge is 2.39. The number of hydrogen-bond donors (Lipinski definition) is 2. The topological polar surface area (TPSA) is 125 Å². The van der Waals surface area contributed by atoms with Gasteiger partial charge in [-0.1, -0.05) is 121 Å². The van der Waals surface area contributed by atoms with Crippen molar-refractivity contribution in [3.05, 3.63) is 188 Å². The number of carbonyl (C=O) groups excluding carboxylic acids is 4. The Hall–Kier alpha value is -6.58.